The molecule has 148 valence electrons. The van der Waals surface area contributed by atoms with E-state index in [9.17, 15) is 22.8 Å². The number of amides is 1. The number of aromatic nitrogens is 2. The van der Waals surface area contributed by atoms with Crippen molar-refractivity contribution in [3.63, 3.8) is 0 Å². The highest BCUT2D eigenvalue weighted by Crippen LogP contribution is 2.36. The van der Waals surface area contributed by atoms with Crippen LogP contribution in [0.4, 0.5) is 13.2 Å². The molecule has 2 unspecified atom stereocenters. The molecule has 0 aromatic carbocycles. The Labute approximate surface area is 155 Å². The smallest absolute Gasteiger partial charge is 0.433 e. The van der Waals surface area contributed by atoms with E-state index in [4.69, 9.17) is 4.74 Å². The van der Waals surface area contributed by atoms with Crippen LogP contribution in [0.25, 0.3) is 0 Å². The minimum absolute atomic E-state index is 0.0251. The summed E-state index contributed by atoms with van der Waals surface area (Å²) in [6, 6.07) is 0. The zero-order valence-electron chi connectivity index (χ0n) is 15.3. The molecule has 0 bridgehead atoms. The average Bonchev–Trinajstić information content (AvgIpc) is 2.65. The Balaban J connectivity index is 1.79. The number of likely N-dealkylation sites (tertiary alicyclic amines) is 1. The van der Waals surface area contributed by atoms with Gasteiger partial charge in [-0.25, -0.2) is 9.97 Å². The van der Waals surface area contributed by atoms with Crippen LogP contribution in [0.2, 0.25) is 0 Å². The Morgan fingerprint density at radius 1 is 1.19 bits per heavy atom. The number of esters is 1. The van der Waals surface area contributed by atoms with Crippen molar-refractivity contribution in [2.45, 2.75) is 45.2 Å². The first-order valence-electron chi connectivity index (χ1n) is 9.01. The van der Waals surface area contributed by atoms with Gasteiger partial charge in [-0.3, -0.25) is 9.59 Å². The predicted molar refractivity (Wildman–Crippen MR) is 88.6 cm³/mol. The Morgan fingerprint density at radius 3 is 2.59 bits per heavy atom. The van der Waals surface area contributed by atoms with Crippen molar-refractivity contribution >= 4 is 11.9 Å². The number of hydrogen-bond acceptors (Lipinski definition) is 5. The molecule has 1 saturated heterocycles. The van der Waals surface area contributed by atoms with Crippen molar-refractivity contribution in [2.24, 2.45) is 11.8 Å². The fraction of sp³-hybridized carbons (Fsp3) is 0.667. The quantitative estimate of drug-likeness (QED) is 0.731. The number of aryl methyl sites for hydroxylation is 2. The second kappa shape index (κ2) is 7.44. The van der Waals surface area contributed by atoms with E-state index in [0.29, 0.717) is 37.9 Å². The second-order valence-electron chi connectivity index (χ2n) is 7.13. The molecule has 1 aliphatic carbocycles. The van der Waals surface area contributed by atoms with Crippen molar-refractivity contribution in [3.8, 4) is 0 Å². The maximum Gasteiger partial charge on any atom is 0.433 e. The fourth-order valence-electron chi connectivity index (χ4n) is 3.97. The molecule has 2 aliphatic rings. The first kappa shape index (κ1) is 19.6. The number of hydrogen-bond donors (Lipinski definition) is 0. The number of halogens is 3. The number of rotatable bonds is 2. The number of ether oxygens (including phenoxy) is 1. The lowest BCUT2D eigenvalue weighted by Gasteiger charge is -2.35. The second-order valence-corrected chi connectivity index (χ2v) is 7.13. The van der Waals surface area contributed by atoms with Gasteiger partial charge in [-0.2, -0.15) is 13.2 Å². The third-order valence-corrected chi connectivity index (χ3v) is 5.27. The minimum Gasteiger partial charge on any atom is -0.469 e. The van der Waals surface area contributed by atoms with Crippen LogP contribution in [-0.4, -0.2) is 46.9 Å². The average molecular weight is 385 g/mol. The van der Waals surface area contributed by atoms with Gasteiger partial charge in [0.1, 0.15) is 5.82 Å². The van der Waals surface area contributed by atoms with E-state index in [1.165, 1.54) is 14.0 Å². The van der Waals surface area contributed by atoms with Crippen molar-refractivity contribution < 1.29 is 27.5 Å². The summed E-state index contributed by atoms with van der Waals surface area (Å²) in [5.41, 5.74) is -0.530. The van der Waals surface area contributed by atoms with Crippen LogP contribution in [0, 0.1) is 18.8 Å². The zero-order chi connectivity index (χ0) is 19.8. The zero-order valence-corrected chi connectivity index (χ0v) is 15.3. The largest absolute Gasteiger partial charge is 0.469 e. The summed E-state index contributed by atoms with van der Waals surface area (Å²) in [5.74, 6) is -1.41. The van der Waals surface area contributed by atoms with Gasteiger partial charge < -0.3 is 9.64 Å². The number of carbonyl (C=O) groups excluding carboxylic acids is 2. The number of alkyl halides is 3. The Kier molecular flexibility index (Phi) is 5.39. The summed E-state index contributed by atoms with van der Waals surface area (Å²) in [6.45, 7) is 2.20. The van der Waals surface area contributed by atoms with E-state index < -0.39 is 17.8 Å². The highest BCUT2D eigenvalue weighted by molar-refractivity contribution is 5.81. The highest BCUT2D eigenvalue weighted by Gasteiger charge is 2.41. The van der Waals surface area contributed by atoms with E-state index >= 15 is 0 Å². The molecule has 1 aromatic rings. The number of carbonyl (C=O) groups is 2. The van der Waals surface area contributed by atoms with Crippen molar-refractivity contribution in [1.29, 1.82) is 0 Å². The fourth-order valence-corrected chi connectivity index (χ4v) is 3.97. The topological polar surface area (TPSA) is 72.4 Å². The summed E-state index contributed by atoms with van der Waals surface area (Å²) < 4.78 is 44.9. The molecule has 0 spiro atoms. The molecule has 0 radical (unpaired) electrons. The molecule has 1 aliphatic heterocycles. The molecule has 27 heavy (non-hydrogen) atoms. The molecular weight excluding hydrogens is 363 g/mol. The summed E-state index contributed by atoms with van der Waals surface area (Å²) in [4.78, 5) is 34.0. The maximum absolute atomic E-state index is 13.4. The molecule has 2 heterocycles. The first-order valence-corrected chi connectivity index (χ1v) is 9.01. The maximum atomic E-state index is 13.4. The molecule has 1 aromatic heterocycles. The summed E-state index contributed by atoms with van der Waals surface area (Å²) in [6.07, 6.45) is -2.53. The number of nitrogens with zero attached hydrogens (tertiary/aromatic N) is 3. The summed E-state index contributed by atoms with van der Waals surface area (Å²) in [7, 11) is 1.31. The predicted octanol–water partition coefficient (Wildman–Crippen LogP) is 2.32. The van der Waals surface area contributed by atoms with Gasteiger partial charge in [0.25, 0.3) is 0 Å². The van der Waals surface area contributed by atoms with Crippen LogP contribution in [0.5, 0.6) is 0 Å². The van der Waals surface area contributed by atoms with E-state index in [1.807, 2.05) is 0 Å². The number of methoxy groups -OCH3 is 1. The molecule has 9 heteroatoms. The van der Waals surface area contributed by atoms with E-state index in [2.05, 4.69) is 9.97 Å². The van der Waals surface area contributed by atoms with Crippen molar-refractivity contribution in [1.82, 2.24) is 14.9 Å². The third-order valence-electron chi connectivity index (χ3n) is 5.27. The van der Waals surface area contributed by atoms with Crippen molar-refractivity contribution in [2.75, 3.05) is 20.2 Å². The van der Waals surface area contributed by atoms with Gasteiger partial charge in [0.05, 0.1) is 13.0 Å². The monoisotopic (exact) mass is 385 g/mol. The van der Waals surface area contributed by atoms with Gasteiger partial charge >= 0.3 is 12.1 Å². The van der Waals surface area contributed by atoms with E-state index in [1.54, 1.807) is 4.90 Å². The molecule has 6 nitrogen and oxygen atoms in total. The SMILES string of the molecule is COC(=O)C1CCCN(C(=O)C2CCc3nc(C)nc(C(F)(F)F)c3C2)C1. The Hall–Kier alpha value is -2.19. The van der Waals surface area contributed by atoms with E-state index in [0.717, 1.165) is 0 Å². The standard InChI is InChI=1S/C18H22F3N3O3/c1-10-22-14-6-5-11(8-13(14)15(23-10)18(19,20)21)16(25)24-7-3-4-12(9-24)17(26)27-2/h11-12H,3-9H2,1-2H3. The summed E-state index contributed by atoms with van der Waals surface area (Å²) in [5, 5.41) is 0. The molecule has 0 N–H and O–H groups in total. The van der Waals surface area contributed by atoms with Gasteiger partial charge in [0.2, 0.25) is 5.91 Å². The Bertz CT molecular complexity index is 751. The van der Waals surface area contributed by atoms with Crippen LogP contribution in [0.3, 0.4) is 0 Å². The van der Waals surface area contributed by atoms with Crippen molar-refractivity contribution in [3.05, 3.63) is 22.8 Å². The molecule has 1 fully saturated rings. The lowest BCUT2D eigenvalue weighted by Crippen LogP contribution is -2.46. The number of fused-ring (bicyclic) bond motifs is 1. The van der Waals surface area contributed by atoms with E-state index in [-0.39, 0.29) is 42.1 Å². The van der Waals surface area contributed by atoms with Gasteiger partial charge in [0.15, 0.2) is 5.69 Å². The lowest BCUT2D eigenvalue weighted by atomic mass is 9.84. The van der Waals surface area contributed by atoms with Crippen LogP contribution < -0.4 is 0 Å². The van der Waals surface area contributed by atoms with Gasteiger partial charge in [-0.15, -0.1) is 0 Å². The molecule has 1 amide bonds. The minimum atomic E-state index is -4.58. The van der Waals surface area contributed by atoms with Gasteiger partial charge in [-0.1, -0.05) is 0 Å². The van der Waals surface area contributed by atoms with Crippen LogP contribution in [0.1, 0.15) is 42.0 Å². The molecule has 2 atom stereocenters. The molecular formula is C18H22F3N3O3. The van der Waals surface area contributed by atoms with Gasteiger partial charge in [-0.05, 0) is 39.0 Å². The van der Waals surface area contributed by atoms with Crippen LogP contribution in [0.15, 0.2) is 0 Å². The highest BCUT2D eigenvalue weighted by atomic mass is 19.4. The van der Waals surface area contributed by atoms with Gasteiger partial charge in [0, 0.05) is 30.3 Å². The number of piperidine rings is 1. The normalized spacial score (nSPS) is 22.9. The third kappa shape index (κ3) is 4.06. The molecule has 3 rings (SSSR count). The Morgan fingerprint density at radius 2 is 1.93 bits per heavy atom. The van der Waals surface area contributed by atoms with Crippen LogP contribution >= 0.6 is 0 Å². The summed E-state index contributed by atoms with van der Waals surface area (Å²) >= 11 is 0. The lowest BCUT2D eigenvalue weighted by molar-refractivity contribution is -0.150. The molecule has 0 saturated carbocycles. The first-order chi connectivity index (χ1) is 12.7. The van der Waals surface area contributed by atoms with Crippen LogP contribution in [-0.2, 0) is 33.3 Å².